The third kappa shape index (κ3) is 4.21. The van der Waals surface area contributed by atoms with E-state index in [2.05, 4.69) is 20.8 Å². The maximum Gasteiger partial charge on any atom is 0.315 e. The molecule has 1 aromatic carbocycles. The minimum absolute atomic E-state index is 0.00205. The Morgan fingerprint density at radius 3 is 2.91 bits per heavy atom. The summed E-state index contributed by atoms with van der Waals surface area (Å²) in [6, 6.07) is 9.42. The Morgan fingerprint density at radius 2 is 2.17 bits per heavy atom. The molecule has 0 aliphatic heterocycles. The van der Waals surface area contributed by atoms with Gasteiger partial charge in [-0.3, -0.25) is 0 Å². The van der Waals surface area contributed by atoms with E-state index < -0.39 is 0 Å². The zero-order valence-corrected chi connectivity index (χ0v) is 13.0. The molecule has 2 N–H and O–H groups in total. The molecule has 0 saturated heterocycles. The molecule has 122 valence electrons. The van der Waals surface area contributed by atoms with Gasteiger partial charge >= 0.3 is 6.03 Å². The summed E-state index contributed by atoms with van der Waals surface area (Å²) in [6.07, 6.45) is 2.87. The first-order chi connectivity index (χ1) is 11.2. The summed E-state index contributed by atoms with van der Waals surface area (Å²) in [5, 5.41) is 9.44. The summed E-state index contributed by atoms with van der Waals surface area (Å²) in [5.41, 5.74) is 0. The van der Waals surface area contributed by atoms with Gasteiger partial charge in [-0.2, -0.15) is 4.98 Å². The van der Waals surface area contributed by atoms with Gasteiger partial charge in [-0.05, 0) is 31.4 Å². The van der Waals surface area contributed by atoms with E-state index in [0.29, 0.717) is 11.7 Å². The van der Waals surface area contributed by atoms with E-state index >= 15 is 0 Å². The van der Waals surface area contributed by atoms with Crippen molar-refractivity contribution in [2.45, 2.75) is 44.9 Å². The first-order valence-corrected chi connectivity index (χ1v) is 7.76. The number of para-hydroxylation sites is 1. The van der Waals surface area contributed by atoms with Crippen LogP contribution in [-0.4, -0.2) is 28.3 Å². The van der Waals surface area contributed by atoms with Crippen LogP contribution in [0.1, 0.15) is 31.0 Å². The molecule has 2 aromatic rings. The molecule has 0 bridgehead atoms. The highest BCUT2D eigenvalue weighted by Gasteiger charge is 2.30. The van der Waals surface area contributed by atoms with Gasteiger partial charge in [-0.15, -0.1) is 0 Å². The standard InChI is InChI=1S/C16H20N4O3/c1-11-18-15(20-23-11)10-17-16(21)19-13-8-5-9-14(13)22-12-6-3-2-4-7-12/h2-4,6-7,13-14H,5,8-10H2,1H3,(H2,17,19,21). The van der Waals surface area contributed by atoms with Gasteiger partial charge in [0.2, 0.25) is 5.89 Å². The highest BCUT2D eigenvalue weighted by Crippen LogP contribution is 2.24. The predicted octanol–water partition coefficient (Wildman–Crippen LogP) is 2.18. The lowest BCUT2D eigenvalue weighted by Gasteiger charge is -2.22. The second-order valence-corrected chi connectivity index (χ2v) is 5.56. The lowest BCUT2D eigenvalue weighted by atomic mass is 10.2. The Morgan fingerprint density at radius 1 is 1.35 bits per heavy atom. The summed E-state index contributed by atoms with van der Waals surface area (Å²) in [7, 11) is 0. The maximum absolute atomic E-state index is 12.0. The Balaban J connectivity index is 1.48. The van der Waals surface area contributed by atoms with Crippen molar-refractivity contribution < 1.29 is 14.1 Å². The molecular weight excluding hydrogens is 296 g/mol. The summed E-state index contributed by atoms with van der Waals surface area (Å²) >= 11 is 0. The van der Waals surface area contributed by atoms with E-state index in [0.717, 1.165) is 25.0 Å². The number of benzene rings is 1. The average Bonchev–Trinajstić information content (AvgIpc) is 3.16. The number of urea groups is 1. The monoisotopic (exact) mass is 316 g/mol. The van der Waals surface area contributed by atoms with E-state index in [1.807, 2.05) is 30.3 Å². The van der Waals surface area contributed by atoms with Crippen LogP contribution in [0.2, 0.25) is 0 Å². The second kappa shape index (κ2) is 7.13. The largest absolute Gasteiger partial charge is 0.488 e. The molecule has 7 heteroatoms. The lowest BCUT2D eigenvalue weighted by molar-refractivity contribution is 0.172. The molecule has 3 rings (SSSR count). The van der Waals surface area contributed by atoms with Gasteiger partial charge in [0, 0.05) is 6.92 Å². The Bertz CT molecular complexity index is 644. The second-order valence-electron chi connectivity index (χ2n) is 5.56. The highest BCUT2D eigenvalue weighted by atomic mass is 16.5. The molecule has 1 heterocycles. The van der Waals surface area contributed by atoms with Gasteiger partial charge in [0.05, 0.1) is 12.6 Å². The number of aryl methyl sites for hydroxylation is 1. The van der Waals surface area contributed by atoms with Crippen LogP contribution < -0.4 is 15.4 Å². The van der Waals surface area contributed by atoms with E-state index in [-0.39, 0.29) is 24.7 Å². The van der Waals surface area contributed by atoms with Gasteiger partial charge in [-0.1, -0.05) is 23.4 Å². The number of aromatic nitrogens is 2. The van der Waals surface area contributed by atoms with Crippen LogP contribution in [0.5, 0.6) is 5.75 Å². The molecule has 1 aliphatic rings. The number of amides is 2. The number of hydrogen-bond acceptors (Lipinski definition) is 5. The van der Waals surface area contributed by atoms with Crippen LogP contribution in [-0.2, 0) is 6.54 Å². The van der Waals surface area contributed by atoms with Crippen LogP contribution >= 0.6 is 0 Å². The SMILES string of the molecule is Cc1nc(CNC(=O)NC2CCCC2Oc2ccccc2)no1. The van der Waals surface area contributed by atoms with Gasteiger partial charge < -0.3 is 19.9 Å². The van der Waals surface area contributed by atoms with Crippen molar-refractivity contribution in [3.63, 3.8) is 0 Å². The summed E-state index contributed by atoms with van der Waals surface area (Å²) in [5.74, 6) is 1.77. The van der Waals surface area contributed by atoms with E-state index in [1.165, 1.54) is 0 Å². The topological polar surface area (TPSA) is 89.3 Å². The minimum atomic E-state index is -0.249. The third-order valence-corrected chi connectivity index (χ3v) is 3.78. The summed E-state index contributed by atoms with van der Waals surface area (Å²) in [6.45, 7) is 1.95. The number of hydrogen-bond donors (Lipinski definition) is 2. The lowest BCUT2D eigenvalue weighted by Crippen LogP contribution is -2.46. The van der Waals surface area contributed by atoms with Crippen molar-refractivity contribution in [1.82, 2.24) is 20.8 Å². The quantitative estimate of drug-likeness (QED) is 0.882. The fourth-order valence-electron chi connectivity index (χ4n) is 2.70. The maximum atomic E-state index is 12.0. The molecule has 0 spiro atoms. The van der Waals surface area contributed by atoms with Crippen molar-refractivity contribution in [1.29, 1.82) is 0 Å². The van der Waals surface area contributed by atoms with E-state index in [9.17, 15) is 4.79 Å². The van der Waals surface area contributed by atoms with Crippen molar-refractivity contribution in [3.05, 3.63) is 42.0 Å². The summed E-state index contributed by atoms with van der Waals surface area (Å²) < 4.78 is 10.8. The first-order valence-electron chi connectivity index (χ1n) is 7.76. The molecule has 2 unspecified atom stereocenters. The number of carbonyl (C=O) groups is 1. The summed E-state index contributed by atoms with van der Waals surface area (Å²) in [4.78, 5) is 16.1. The average molecular weight is 316 g/mol. The number of rotatable bonds is 5. The molecule has 1 saturated carbocycles. The van der Waals surface area contributed by atoms with Crippen LogP contribution in [0.15, 0.2) is 34.9 Å². The molecule has 1 aromatic heterocycles. The Labute approximate surface area is 134 Å². The Kier molecular flexibility index (Phi) is 4.75. The molecular formula is C16H20N4O3. The minimum Gasteiger partial charge on any atom is -0.488 e. The number of carbonyl (C=O) groups excluding carboxylic acids is 1. The predicted molar refractivity (Wildman–Crippen MR) is 82.9 cm³/mol. The zero-order valence-electron chi connectivity index (χ0n) is 13.0. The van der Waals surface area contributed by atoms with Crippen LogP contribution in [0.3, 0.4) is 0 Å². The molecule has 23 heavy (non-hydrogen) atoms. The molecule has 1 aliphatic carbocycles. The third-order valence-electron chi connectivity index (χ3n) is 3.78. The fraction of sp³-hybridized carbons (Fsp3) is 0.438. The van der Waals surface area contributed by atoms with Crippen LogP contribution in [0.25, 0.3) is 0 Å². The van der Waals surface area contributed by atoms with Crippen molar-refractivity contribution >= 4 is 6.03 Å². The highest BCUT2D eigenvalue weighted by molar-refractivity contribution is 5.74. The fourth-order valence-corrected chi connectivity index (χ4v) is 2.70. The van der Waals surface area contributed by atoms with Gasteiger partial charge in [0.25, 0.3) is 0 Å². The van der Waals surface area contributed by atoms with Crippen molar-refractivity contribution in [3.8, 4) is 5.75 Å². The molecule has 7 nitrogen and oxygen atoms in total. The number of ether oxygens (including phenoxy) is 1. The first kappa shape index (κ1) is 15.3. The smallest absolute Gasteiger partial charge is 0.315 e. The molecule has 2 atom stereocenters. The molecule has 0 radical (unpaired) electrons. The number of nitrogens with one attached hydrogen (secondary N) is 2. The Hall–Kier alpha value is -2.57. The molecule has 2 amide bonds. The van der Waals surface area contributed by atoms with E-state index in [4.69, 9.17) is 9.26 Å². The van der Waals surface area contributed by atoms with Gasteiger partial charge in [0.1, 0.15) is 11.9 Å². The molecule has 1 fully saturated rings. The normalized spacial score (nSPS) is 20.2. The van der Waals surface area contributed by atoms with Crippen molar-refractivity contribution in [2.24, 2.45) is 0 Å². The van der Waals surface area contributed by atoms with Gasteiger partial charge in [-0.25, -0.2) is 4.79 Å². The van der Waals surface area contributed by atoms with Crippen molar-refractivity contribution in [2.75, 3.05) is 0 Å². The number of nitrogens with zero attached hydrogens (tertiary/aromatic N) is 2. The van der Waals surface area contributed by atoms with Crippen LogP contribution in [0, 0.1) is 6.92 Å². The van der Waals surface area contributed by atoms with E-state index in [1.54, 1.807) is 6.92 Å². The van der Waals surface area contributed by atoms with Crippen LogP contribution in [0.4, 0.5) is 4.79 Å². The van der Waals surface area contributed by atoms with Gasteiger partial charge in [0.15, 0.2) is 5.82 Å². The zero-order chi connectivity index (χ0) is 16.1.